The molecule has 1 saturated carbocycles. The van der Waals surface area contributed by atoms with Crippen LogP contribution in [0.2, 0.25) is 5.02 Å². The van der Waals surface area contributed by atoms with Gasteiger partial charge in [0.1, 0.15) is 0 Å². The Hall–Kier alpha value is -1.15. The third-order valence-electron chi connectivity index (χ3n) is 5.60. The number of H-pyrrole nitrogens is 1. The van der Waals surface area contributed by atoms with Crippen LogP contribution in [0.5, 0.6) is 0 Å². The second-order valence-electron chi connectivity index (χ2n) is 7.33. The fraction of sp³-hybridized carbons (Fsp3) is 0.562. The van der Waals surface area contributed by atoms with Crippen LogP contribution in [0.25, 0.3) is 10.9 Å². The van der Waals surface area contributed by atoms with E-state index in [0.29, 0.717) is 31.0 Å². The number of aliphatic hydroxyl groups is 1. The van der Waals surface area contributed by atoms with Crippen molar-refractivity contribution in [1.29, 1.82) is 0 Å². The van der Waals surface area contributed by atoms with Crippen molar-refractivity contribution in [3.05, 3.63) is 28.9 Å². The molecule has 6 nitrogen and oxygen atoms in total. The van der Waals surface area contributed by atoms with E-state index >= 15 is 0 Å². The average molecular weight is 370 g/mol. The van der Waals surface area contributed by atoms with Crippen LogP contribution >= 0.6 is 11.6 Å². The van der Waals surface area contributed by atoms with Gasteiger partial charge in [-0.25, -0.2) is 12.7 Å². The molecule has 1 aromatic carbocycles. The minimum Gasteiger partial charge on any atom is -0.385 e. The van der Waals surface area contributed by atoms with E-state index in [2.05, 4.69) is 10.2 Å². The first-order valence-electron chi connectivity index (χ1n) is 8.02. The summed E-state index contributed by atoms with van der Waals surface area (Å²) in [6, 6.07) is 3.63. The summed E-state index contributed by atoms with van der Waals surface area (Å²) in [7, 11) is -3.13. The van der Waals surface area contributed by atoms with E-state index in [1.54, 1.807) is 12.3 Å². The average Bonchev–Trinajstić information content (AvgIpc) is 2.92. The topological polar surface area (TPSA) is 86.3 Å². The van der Waals surface area contributed by atoms with Gasteiger partial charge in [0.25, 0.3) is 0 Å². The number of aromatic nitrogens is 2. The second-order valence-corrected chi connectivity index (χ2v) is 9.75. The molecule has 1 aromatic heterocycles. The van der Waals surface area contributed by atoms with Crippen LogP contribution in [0.4, 0.5) is 0 Å². The fourth-order valence-electron chi connectivity index (χ4n) is 4.41. The van der Waals surface area contributed by atoms with Gasteiger partial charge >= 0.3 is 0 Å². The van der Waals surface area contributed by atoms with Crippen molar-refractivity contribution in [1.82, 2.24) is 14.5 Å². The molecule has 24 heavy (non-hydrogen) atoms. The number of sulfonamides is 1. The Labute approximate surface area is 145 Å². The van der Waals surface area contributed by atoms with Crippen LogP contribution in [-0.2, 0) is 15.6 Å². The maximum absolute atomic E-state index is 11.7. The number of benzene rings is 1. The van der Waals surface area contributed by atoms with Gasteiger partial charge in [-0.3, -0.25) is 5.10 Å². The molecule has 2 heterocycles. The molecule has 1 aliphatic heterocycles. The largest absolute Gasteiger partial charge is 0.385 e. The number of halogens is 1. The molecule has 1 saturated heterocycles. The Morgan fingerprint density at radius 2 is 1.96 bits per heavy atom. The molecular formula is C16H20ClN3O3S. The molecule has 130 valence electrons. The molecule has 8 heteroatoms. The maximum atomic E-state index is 11.7. The highest BCUT2D eigenvalue weighted by Gasteiger charge is 2.56. The van der Waals surface area contributed by atoms with Crippen molar-refractivity contribution in [2.45, 2.75) is 31.3 Å². The Balaban J connectivity index is 1.57. The highest BCUT2D eigenvalue weighted by molar-refractivity contribution is 7.88. The Kier molecular flexibility index (Phi) is 3.52. The van der Waals surface area contributed by atoms with Gasteiger partial charge in [-0.2, -0.15) is 5.10 Å². The Morgan fingerprint density at radius 1 is 1.29 bits per heavy atom. The van der Waals surface area contributed by atoms with Crippen LogP contribution < -0.4 is 0 Å². The van der Waals surface area contributed by atoms with E-state index in [9.17, 15) is 13.5 Å². The van der Waals surface area contributed by atoms with E-state index in [1.165, 1.54) is 10.6 Å². The molecule has 4 rings (SSSR count). The van der Waals surface area contributed by atoms with Crippen LogP contribution in [0.1, 0.15) is 31.2 Å². The summed E-state index contributed by atoms with van der Waals surface area (Å²) < 4.78 is 24.8. The summed E-state index contributed by atoms with van der Waals surface area (Å²) in [5.74, 6) is 0. The van der Waals surface area contributed by atoms with E-state index in [1.807, 2.05) is 6.07 Å². The molecule has 2 fully saturated rings. The van der Waals surface area contributed by atoms with Crippen molar-refractivity contribution in [3.8, 4) is 0 Å². The van der Waals surface area contributed by atoms with Crippen LogP contribution in [0, 0.1) is 5.41 Å². The number of nitrogens with zero attached hydrogens (tertiary/aromatic N) is 2. The number of hydrogen-bond acceptors (Lipinski definition) is 4. The highest BCUT2D eigenvalue weighted by Crippen LogP contribution is 2.60. The molecule has 2 N–H and O–H groups in total. The molecule has 2 aromatic rings. The summed E-state index contributed by atoms with van der Waals surface area (Å²) in [5, 5.41) is 19.6. The monoisotopic (exact) mass is 369 g/mol. The van der Waals surface area contributed by atoms with Crippen molar-refractivity contribution in [2.24, 2.45) is 5.41 Å². The van der Waals surface area contributed by atoms with E-state index < -0.39 is 15.6 Å². The zero-order chi connectivity index (χ0) is 17.2. The SMILES string of the molecule is CS(=O)(=O)N1CCC2(CC1)CC(O)(c1cc(Cl)cc3cn[nH]c13)C2. The summed E-state index contributed by atoms with van der Waals surface area (Å²) >= 11 is 6.19. The summed E-state index contributed by atoms with van der Waals surface area (Å²) in [5.41, 5.74) is 0.706. The third-order valence-corrected chi connectivity index (χ3v) is 7.12. The third kappa shape index (κ3) is 2.54. The molecule has 2 aliphatic rings. The minimum atomic E-state index is -3.13. The van der Waals surface area contributed by atoms with Crippen molar-refractivity contribution >= 4 is 32.5 Å². The summed E-state index contributed by atoms with van der Waals surface area (Å²) in [6.45, 7) is 1.06. The molecular weight excluding hydrogens is 350 g/mol. The van der Waals surface area contributed by atoms with E-state index in [4.69, 9.17) is 11.6 Å². The van der Waals surface area contributed by atoms with Gasteiger partial charge in [-0.1, -0.05) is 11.6 Å². The molecule has 0 bridgehead atoms. The molecule has 0 radical (unpaired) electrons. The smallest absolute Gasteiger partial charge is 0.211 e. The molecule has 0 amide bonds. The quantitative estimate of drug-likeness (QED) is 0.850. The van der Waals surface area contributed by atoms with Crippen LogP contribution in [0.3, 0.4) is 0 Å². The van der Waals surface area contributed by atoms with Crippen molar-refractivity contribution in [3.63, 3.8) is 0 Å². The lowest BCUT2D eigenvalue weighted by Gasteiger charge is -2.56. The first-order chi connectivity index (χ1) is 11.2. The zero-order valence-electron chi connectivity index (χ0n) is 13.4. The van der Waals surface area contributed by atoms with Gasteiger partial charge in [0.15, 0.2) is 0 Å². The fourth-order valence-corrected chi connectivity index (χ4v) is 5.49. The van der Waals surface area contributed by atoms with Crippen molar-refractivity contribution < 1.29 is 13.5 Å². The zero-order valence-corrected chi connectivity index (χ0v) is 15.0. The van der Waals surface area contributed by atoms with Gasteiger partial charge in [0.05, 0.1) is 23.6 Å². The van der Waals surface area contributed by atoms with Gasteiger partial charge in [-0.05, 0) is 43.2 Å². The number of hydrogen-bond donors (Lipinski definition) is 2. The van der Waals surface area contributed by atoms with Crippen molar-refractivity contribution in [2.75, 3.05) is 19.3 Å². The molecule has 1 spiro atoms. The molecule has 0 unspecified atom stereocenters. The first-order valence-corrected chi connectivity index (χ1v) is 10.2. The lowest BCUT2D eigenvalue weighted by atomic mass is 9.53. The summed E-state index contributed by atoms with van der Waals surface area (Å²) in [6.07, 6.45) is 5.79. The number of fused-ring (bicyclic) bond motifs is 1. The Bertz CT molecular complexity index is 892. The standard InChI is InChI=1S/C16H20ClN3O3S/c1-24(22,23)20-4-2-15(3-5-20)9-16(21,10-15)13-7-12(17)6-11-8-18-19-14(11)13/h6-8,21H,2-5,9-10H2,1H3,(H,18,19). The van der Waals surface area contributed by atoms with E-state index in [-0.39, 0.29) is 5.41 Å². The Morgan fingerprint density at radius 3 is 2.58 bits per heavy atom. The lowest BCUT2D eigenvalue weighted by molar-refractivity contribution is -0.150. The molecule has 1 aliphatic carbocycles. The van der Waals surface area contributed by atoms with Crippen LogP contribution in [0.15, 0.2) is 18.3 Å². The predicted molar refractivity (Wildman–Crippen MR) is 92.3 cm³/mol. The van der Waals surface area contributed by atoms with Gasteiger partial charge in [-0.15, -0.1) is 0 Å². The van der Waals surface area contributed by atoms with Gasteiger partial charge in [0.2, 0.25) is 10.0 Å². The lowest BCUT2D eigenvalue weighted by Crippen LogP contribution is -2.55. The number of nitrogens with one attached hydrogen (secondary N) is 1. The molecule has 0 atom stereocenters. The number of aromatic amines is 1. The summed E-state index contributed by atoms with van der Waals surface area (Å²) in [4.78, 5) is 0. The number of piperidine rings is 1. The second kappa shape index (κ2) is 5.17. The van der Waals surface area contributed by atoms with Crippen LogP contribution in [-0.4, -0.2) is 47.4 Å². The highest BCUT2D eigenvalue weighted by atomic mass is 35.5. The number of rotatable bonds is 2. The predicted octanol–water partition coefficient (Wildman–Crippen LogP) is 2.24. The van der Waals surface area contributed by atoms with E-state index in [0.717, 1.165) is 29.3 Å². The minimum absolute atomic E-state index is 0.0185. The van der Waals surface area contributed by atoms with Gasteiger partial charge < -0.3 is 5.11 Å². The normalized spacial score (nSPS) is 23.5. The first kappa shape index (κ1) is 16.3. The maximum Gasteiger partial charge on any atom is 0.211 e. The van der Waals surface area contributed by atoms with Gasteiger partial charge in [0, 0.05) is 29.1 Å².